The summed E-state index contributed by atoms with van der Waals surface area (Å²) in [6.07, 6.45) is 11.5. The summed E-state index contributed by atoms with van der Waals surface area (Å²) in [5, 5.41) is 0. The van der Waals surface area contributed by atoms with E-state index in [0.717, 1.165) is 68.4 Å². The van der Waals surface area contributed by atoms with Gasteiger partial charge in [-0.25, -0.2) is 4.79 Å². The molecule has 4 aliphatic carbocycles. The van der Waals surface area contributed by atoms with Crippen molar-refractivity contribution in [3.63, 3.8) is 0 Å². The zero-order valence-corrected chi connectivity index (χ0v) is 14.5. The lowest BCUT2D eigenvalue weighted by Gasteiger charge is -2.46. The van der Waals surface area contributed by atoms with E-state index in [1.807, 2.05) is 4.90 Å². The lowest BCUT2D eigenvalue weighted by atomic mass is 9.65. The summed E-state index contributed by atoms with van der Waals surface area (Å²) in [6.45, 7) is 4.07. The van der Waals surface area contributed by atoms with Crippen LogP contribution in [0.1, 0.15) is 64.7 Å². The van der Waals surface area contributed by atoms with Gasteiger partial charge in [0.15, 0.2) is 0 Å². The molecule has 0 spiro atoms. The Morgan fingerprint density at radius 2 is 1.78 bits per heavy atom. The van der Waals surface area contributed by atoms with E-state index < -0.39 is 0 Å². The molecule has 5 aliphatic rings. The lowest BCUT2D eigenvalue weighted by Crippen LogP contribution is -2.50. The molecule has 0 aromatic carbocycles. The van der Waals surface area contributed by atoms with Crippen LogP contribution in [0.3, 0.4) is 0 Å². The minimum atomic E-state index is -0.120. The van der Waals surface area contributed by atoms with Crippen molar-refractivity contribution in [2.24, 2.45) is 35.5 Å². The Bertz CT molecular complexity index is 500. The average Bonchev–Trinajstić information content (AvgIpc) is 3.34. The van der Waals surface area contributed by atoms with Gasteiger partial charge in [0, 0.05) is 19.0 Å². The highest BCUT2D eigenvalue weighted by Crippen LogP contribution is 2.70. The predicted molar refractivity (Wildman–Crippen MR) is 89.0 cm³/mol. The van der Waals surface area contributed by atoms with Gasteiger partial charge in [-0.1, -0.05) is 6.92 Å². The average molecular weight is 317 g/mol. The maximum Gasteiger partial charge on any atom is 0.410 e. The Labute approximate surface area is 140 Å². The first-order valence-corrected chi connectivity index (χ1v) is 10.2. The maximum atomic E-state index is 12.8. The molecule has 3 nitrogen and oxygen atoms in total. The van der Waals surface area contributed by atoms with Crippen LogP contribution < -0.4 is 0 Å². The molecule has 1 amide bonds. The number of carbonyl (C=O) groups is 1. The minimum absolute atomic E-state index is 0.00111. The van der Waals surface area contributed by atoms with E-state index in [1.54, 1.807) is 0 Å². The van der Waals surface area contributed by atoms with Gasteiger partial charge >= 0.3 is 6.09 Å². The summed E-state index contributed by atoms with van der Waals surface area (Å²) in [6, 6.07) is 0. The van der Waals surface area contributed by atoms with Crippen molar-refractivity contribution in [2.75, 3.05) is 13.1 Å². The van der Waals surface area contributed by atoms with E-state index in [0.29, 0.717) is 5.92 Å². The van der Waals surface area contributed by atoms with Gasteiger partial charge < -0.3 is 9.64 Å². The first kappa shape index (κ1) is 14.6. The van der Waals surface area contributed by atoms with Crippen LogP contribution in [0.5, 0.6) is 0 Å². The second-order valence-electron chi connectivity index (χ2n) is 9.13. The molecule has 1 heterocycles. The number of fused-ring (bicyclic) bond motifs is 9. The molecule has 1 aliphatic heterocycles. The summed E-state index contributed by atoms with van der Waals surface area (Å²) in [5.74, 6) is 5.39. The van der Waals surface area contributed by atoms with Crippen LogP contribution in [0.4, 0.5) is 4.79 Å². The van der Waals surface area contributed by atoms with Crippen molar-refractivity contribution in [3.8, 4) is 0 Å². The third-order valence-corrected chi connectivity index (χ3v) is 8.40. The number of hydrogen-bond acceptors (Lipinski definition) is 2. The van der Waals surface area contributed by atoms with Crippen molar-refractivity contribution in [1.82, 2.24) is 4.90 Å². The number of piperidine rings is 1. The molecule has 7 unspecified atom stereocenters. The topological polar surface area (TPSA) is 29.5 Å². The molecule has 0 aromatic heterocycles. The van der Waals surface area contributed by atoms with Gasteiger partial charge in [0.2, 0.25) is 0 Å². The van der Waals surface area contributed by atoms with Crippen LogP contribution in [0, 0.1) is 35.5 Å². The molecule has 7 atom stereocenters. The third-order valence-electron chi connectivity index (χ3n) is 8.40. The first-order valence-electron chi connectivity index (χ1n) is 10.2. The lowest BCUT2D eigenvalue weighted by molar-refractivity contribution is -0.0856. The third kappa shape index (κ3) is 1.97. The fourth-order valence-electron chi connectivity index (χ4n) is 7.61. The molecular formula is C20H31NO2. The zero-order valence-electron chi connectivity index (χ0n) is 14.5. The second kappa shape index (κ2) is 5.13. The standard InChI is InChI=1S/C20H31NO2/c1-2-20(23-19(22)21-8-4-3-5-9-21)12-15-11-16(20)18-14-7-6-13(10-14)17(15)18/h13-18H,2-12H2,1H3. The Balaban J connectivity index is 1.35. The molecule has 5 rings (SSSR count). The van der Waals surface area contributed by atoms with Crippen LogP contribution in [-0.2, 0) is 4.74 Å². The van der Waals surface area contributed by atoms with E-state index in [2.05, 4.69) is 6.92 Å². The van der Waals surface area contributed by atoms with Crippen molar-refractivity contribution in [1.29, 1.82) is 0 Å². The predicted octanol–water partition coefficient (Wildman–Crippen LogP) is 4.46. The normalized spacial score (nSPS) is 50.4. The molecule has 3 heteroatoms. The highest BCUT2D eigenvalue weighted by Gasteiger charge is 2.67. The molecule has 5 fully saturated rings. The Kier molecular flexibility index (Phi) is 3.26. The van der Waals surface area contributed by atoms with Gasteiger partial charge in [0.25, 0.3) is 0 Å². The highest BCUT2D eigenvalue weighted by molar-refractivity contribution is 5.68. The van der Waals surface area contributed by atoms with Gasteiger partial charge in [-0.3, -0.25) is 0 Å². The highest BCUT2D eigenvalue weighted by atomic mass is 16.6. The van der Waals surface area contributed by atoms with Gasteiger partial charge in [-0.05, 0) is 87.4 Å². The van der Waals surface area contributed by atoms with Crippen molar-refractivity contribution in [2.45, 2.75) is 70.3 Å². The Hall–Kier alpha value is -0.730. The van der Waals surface area contributed by atoms with Gasteiger partial charge in [0.05, 0.1) is 0 Å². The second-order valence-corrected chi connectivity index (χ2v) is 9.13. The molecule has 0 aromatic rings. The van der Waals surface area contributed by atoms with Crippen LogP contribution in [0.15, 0.2) is 0 Å². The van der Waals surface area contributed by atoms with Crippen molar-refractivity contribution >= 4 is 6.09 Å². The summed E-state index contributed by atoms with van der Waals surface area (Å²) < 4.78 is 6.32. The van der Waals surface area contributed by atoms with Crippen LogP contribution in [0.25, 0.3) is 0 Å². The molecule has 4 bridgehead atoms. The number of amides is 1. The maximum absolute atomic E-state index is 12.8. The fourth-order valence-corrected chi connectivity index (χ4v) is 7.61. The van der Waals surface area contributed by atoms with Crippen LogP contribution >= 0.6 is 0 Å². The molecule has 1 saturated heterocycles. The number of ether oxygens (including phenoxy) is 1. The molecular weight excluding hydrogens is 286 g/mol. The number of rotatable bonds is 2. The fraction of sp³-hybridized carbons (Fsp3) is 0.950. The molecule has 128 valence electrons. The minimum Gasteiger partial charge on any atom is -0.442 e. The quantitative estimate of drug-likeness (QED) is 0.704. The van der Waals surface area contributed by atoms with Gasteiger partial charge in [0.1, 0.15) is 5.60 Å². The number of likely N-dealkylation sites (tertiary alicyclic amines) is 1. The number of carbonyl (C=O) groups excluding carboxylic acids is 1. The molecule has 0 radical (unpaired) electrons. The zero-order chi connectivity index (χ0) is 15.6. The summed E-state index contributed by atoms with van der Waals surface area (Å²) in [5.41, 5.74) is -0.120. The van der Waals surface area contributed by atoms with Gasteiger partial charge in [-0.15, -0.1) is 0 Å². The first-order chi connectivity index (χ1) is 11.2. The van der Waals surface area contributed by atoms with Crippen molar-refractivity contribution in [3.05, 3.63) is 0 Å². The van der Waals surface area contributed by atoms with E-state index in [4.69, 9.17) is 4.74 Å². The molecule has 4 saturated carbocycles. The SMILES string of the molecule is CCC1(OC(=O)N2CCCCC2)CC2CC1C1C3CCC(C3)C21. The summed E-state index contributed by atoms with van der Waals surface area (Å²) in [4.78, 5) is 14.7. The Morgan fingerprint density at radius 3 is 2.52 bits per heavy atom. The smallest absolute Gasteiger partial charge is 0.410 e. The molecule has 23 heavy (non-hydrogen) atoms. The van der Waals surface area contributed by atoms with E-state index in [1.165, 1.54) is 32.1 Å². The monoisotopic (exact) mass is 317 g/mol. The van der Waals surface area contributed by atoms with Crippen molar-refractivity contribution < 1.29 is 9.53 Å². The van der Waals surface area contributed by atoms with E-state index in [9.17, 15) is 4.79 Å². The van der Waals surface area contributed by atoms with E-state index in [-0.39, 0.29) is 11.7 Å². The molecule has 0 N–H and O–H groups in total. The van der Waals surface area contributed by atoms with Crippen LogP contribution in [-0.4, -0.2) is 29.7 Å². The summed E-state index contributed by atoms with van der Waals surface area (Å²) >= 11 is 0. The van der Waals surface area contributed by atoms with Gasteiger partial charge in [-0.2, -0.15) is 0 Å². The van der Waals surface area contributed by atoms with Crippen LogP contribution in [0.2, 0.25) is 0 Å². The number of hydrogen-bond donors (Lipinski definition) is 0. The van der Waals surface area contributed by atoms with E-state index >= 15 is 0 Å². The largest absolute Gasteiger partial charge is 0.442 e. The number of nitrogens with zero attached hydrogens (tertiary/aromatic N) is 1. The Morgan fingerprint density at radius 1 is 1.04 bits per heavy atom. The summed E-state index contributed by atoms with van der Waals surface area (Å²) in [7, 11) is 0.